The first kappa shape index (κ1) is 13.2. The van der Waals surface area contributed by atoms with Gasteiger partial charge in [-0.2, -0.15) is 12.6 Å². The molecule has 3 heteroatoms. The maximum Gasteiger partial charge on any atom is 0.142 e. The zero-order valence-electron chi connectivity index (χ0n) is 10.4. The Bertz CT molecular complexity index is 328. The molecule has 0 heterocycles. The van der Waals surface area contributed by atoms with Gasteiger partial charge in [0.05, 0.1) is 12.8 Å². The van der Waals surface area contributed by atoms with Crippen molar-refractivity contribution in [3.8, 4) is 5.75 Å². The van der Waals surface area contributed by atoms with Gasteiger partial charge in [-0.15, -0.1) is 0 Å². The minimum absolute atomic E-state index is 0.917. The topological polar surface area (TPSA) is 12.5 Å². The number of thiol groups is 1. The van der Waals surface area contributed by atoms with E-state index in [0.29, 0.717) is 0 Å². The summed E-state index contributed by atoms with van der Waals surface area (Å²) in [7, 11) is 3.82. The van der Waals surface area contributed by atoms with Crippen LogP contribution in [0.5, 0.6) is 5.75 Å². The molecule has 0 aliphatic rings. The van der Waals surface area contributed by atoms with Gasteiger partial charge in [-0.05, 0) is 36.3 Å². The van der Waals surface area contributed by atoms with Gasteiger partial charge in [0.1, 0.15) is 5.75 Å². The van der Waals surface area contributed by atoms with Crippen molar-refractivity contribution in [3.63, 3.8) is 0 Å². The van der Waals surface area contributed by atoms with Gasteiger partial charge in [0.25, 0.3) is 0 Å². The van der Waals surface area contributed by atoms with E-state index < -0.39 is 0 Å². The second-order valence-electron chi connectivity index (χ2n) is 3.86. The molecule has 0 saturated heterocycles. The summed E-state index contributed by atoms with van der Waals surface area (Å²) in [4.78, 5) is 2.23. The second kappa shape index (κ2) is 6.69. The van der Waals surface area contributed by atoms with Gasteiger partial charge < -0.3 is 9.64 Å². The fourth-order valence-corrected chi connectivity index (χ4v) is 1.82. The first-order valence-corrected chi connectivity index (χ1v) is 6.35. The van der Waals surface area contributed by atoms with Crippen LogP contribution in [-0.2, 0) is 6.42 Å². The van der Waals surface area contributed by atoms with E-state index in [0.717, 1.165) is 30.9 Å². The van der Waals surface area contributed by atoms with E-state index in [1.54, 1.807) is 7.11 Å². The zero-order chi connectivity index (χ0) is 12.0. The first-order valence-electron chi connectivity index (χ1n) is 5.71. The van der Waals surface area contributed by atoms with Crippen molar-refractivity contribution in [1.82, 2.24) is 0 Å². The number of methoxy groups -OCH3 is 1. The molecule has 0 saturated carbocycles. The van der Waals surface area contributed by atoms with Crippen LogP contribution in [0.2, 0.25) is 0 Å². The summed E-state index contributed by atoms with van der Waals surface area (Å²) in [6.07, 6.45) is 2.14. The normalized spacial score (nSPS) is 10.2. The summed E-state index contributed by atoms with van der Waals surface area (Å²) >= 11 is 4.24. The van der Waals surface area contributed by atoms with Gasteiger partial charge in [-0.3, -0.25) is 0 Å². The second-order valence-corrected chi connectivity index (χ2v) is 4.31. The highest BCUT2D eigenvalue weighted by Gasteiger charge is 2.08. The molecule has 16 heavy (non-hydrogen) atoms. The van der Waals surface area contributed by atoms with Crippen LogP contribution in [-0.4, -0.2) is 26.5 Å². The molecule has 0 aromatic heterocycles. The Hall–Kier alpha value is -0.830. The number of benzene rings is 1. The molecule has 0 aliphatic carbocycles. The highest BCUT2D eigenvalue weighted by Crippen LogP contribution is 2.28. The van der Waals surface area contributed by atoms with Crippen LogP contribution in [0, 0.1) is 0 Å². The molecule has 0 radical (unpaired) electrons. The van der Waals surface area contributed by atoms with Crippen LogP contribution >= 0.6 is 12.6 Å². The fraction of sp³-hybridized carbons (Fsp3) is 0.538. The number of ether oxygens (including phenoxy) is 1. The molecule has 0 aliphatic heterocycles. The number of rotatable bonds is 6. The summed E-state index contributed by atoms with van der Waals surface area (Å²) < 4.78 is 5.39. The summed E-state index contributed by atoms with van der Waals surface area (Å²) in [6, 6.07) is 6.37. The highest BCUT2D eigenvalue weighted by atomic mass is 32.1. The predicted molar refractivity (Wildman–Crippen MR) is 74.1 cm³/mol. The van der Waals surface area contributed by atoms with E-state index in [2.05, 4.69) is 43.6 Å². The summed E-state index contributed by atoms with van der Waals surface area (Å²) in [5, 5.41) is 0. The smallest absolute Gasteiger partial charge is 0.142 e. The Morgan fingerprint density at radius 1 is 1.38 bits per heavy atom. The Labute approximate surface area is 104 Å². The van der Waals surface area contributed by atoms with E-state index in [1.807, 2.05) is 6.07 Å². The van der Waals surface area contributed by atoms with Crippen LogP contribution in [0.3, 0.4) is 0 Å². The number of hydrogen-bond donors (Lipinski definition) is 1. The maximum absolute atomic E-state index is 5.39. The van der Waals surface area contributed by atoms with E-state index in [4.69, 9.17) is 4.74 Å². The lowest BCUT2D eigenvalue weighted by atomic mass is 10.1. The van der Waals surface area contributed by atoms with Gasteiger partial charge in [0.15, 0.2) is 0 Å². The molecule has 90 valence electrons. The van der Waals surface area contributed by atoms with Crippen LogP contribution in [0.15, 0.2) is 18.2 Å². The van der Waals surface area contributed by atoms with E-state index in [1.165, 1.54) is 11.3 Å². The average molecular weight is 239 g/mol. The molecule has 1 aromatic carbocycles. The average Bonchev–Trinajstić information content (AvgIpc) is 2.35. The minimum Gasteiger partial charge on any atom is -0.495 e. The van der Waals surface area contributed by atoms with E-state index >= 15 is 0 Å². The summed E-state index contributed by atoms with van der Waals surface area (Å²) in [5.74, 6) is 1.86. The molecule has 0 N–H and O–H groups in total. The Morgan fingerprint density at radius 2 is 2.12 bits per heavy atom. The molecule has 0 unspecified atom stereocenters. The van der Waals surface area contributed by atoms with Crippen LogP contribution < -0.4 is 9.64 Å². The number of anilines is 1. The van der Waals surface area contributed by atoms with Gasteiger partial charge in [-0.25, -0.2) is 0 Å². The maximum atomic E-state index is 5.39. The van der Waals surface area contributed by atoms with E-state index in [-0.39, 0.29) is 0 Å². The molecule has 1 rings (SSSR count). The molecule has 0 spiro atoms. The lowest BCUT2D eigenvalue weighted by Crippen LogP contribution is -2.19. The monoisotopic (exact) mass is 239 g/mol. The third kappa shape index (κ3) is 3.34. The number of hydrogen-bond acceptors (Lipinski definition) is 3. The highest BCUT2D eigenvalue weighted by molar-refractivity contribution is 7.80. The third-order valence-electron chi connectivity index (χ3n) is 2.71. The molecule has 0 atom stereocenters. The van der Waals surface area contributed by atoms with Crippen molar-refractivity contribution < 1.29 is 4.74 Å². The van der Waals surface area contributed by atoms with Crippen molar-refractivity contribution in [2.45, 2.75) is 19.8 Å². The number of nitrogens with zero attached hydrogens (tertiary/aromatic N) is 1. The lowest BCUT2D eigenvalue weighted by Gasteiger charge is -2.22. The third-order valence-corrected chi connectivity index (χ3v) is 3.03. The minimum atomic E-state index is 0.917. The van der Waals surface area contributed by atoms with Gasteiger partial charge >= 0.3 is 0 Å². The SMILES string of the molecule is CCc1ccc(OC)c(N(C)CCCS)c1. The first-order chi connectivity index (χ1) is 7.72. The van der Waals surface area contributed by atoms with Crippen molar-refractivity contribution in [1.29, 1.82) is 0 Å². The fourth-order valence-electron chi connectivity index (χ4n) is 1.68. The van der Waals surface area contributed by atoms with Crippen LogP contribution in [0.25, 0.3) is 0 Å². The van der Waals surface area contributed by atoms with Crippen molar-refractivity contribution >= 4 is 18.3 Å². The molecule has 0 amide bonds. The lowest BCUT2D eigenvalue weighted by molar-refractivity contribution is 0.414. The zero-order valence-corrected chi connectivity index (χ0v) is 11.3. The number of aryl methyl sites for hydroxylation is 1. The standard InChI is InChI=1S/C13H21NOS/c1-4-11-6-7-13(15-3)12(10-11)14(2)8-5-9-16/h6-7,10,16H,4-5,8-9H2,1-3H3. The van der Waals surface area contributed by atoms with Gasteiger partial charge in [-0.1, -0.05) is 13.0 Å². The van der Waals surface area contributed by atoms with E-state index in [9.17, 15) is 0 Å². The molecular formula is C13H21NOS. The largest absolute Gasteiger partial charge is 0.495 e. The Balaban J connectivity index is 2.89. The molecule has 1 aromatic rings. The molecule has 0 bridgehead atoms. The predicted octanol–water partition coefficient (Wildman–Crippen LogP) is 3.01. The van der Waals surface area contributed by atoms with Crippen LogP contribution in [0.4, 0.5) is 5.69 Å². The molecule has 0 fully saturated rings. The van der Waals surface area contributed by atoms with Crippen molar-refractivity contribution in [3.05, 3.63) is 23.8 Å². The Morgan fingerprint density at radius 3 is 2.69 bits per heavy atom. The van der Waals surface area contributed by atoms with Crippen molar-refractivity contribution in [2.24, 2.45) is 0 Å². The van der Waals surface area contributed by atoms with Gasteiger partial charge in [0.2, 0.25) is 0 Å². The quantitative estimate of drug-likeness (QED) is 0.766. The van der Waals surface area contributed by atoms with Crippen LogP contribution in [0.1, 0.15) is 18.9 Å². The summed E-state index contributed by atoms with van der Waals surface area (Å²) in [5.41, 5.74) is 2.51. The Kier molecular flexibility index (Phi) is 5.53. The molecular weight excluding hydrogens is 218 g/mol. The molecule has 2 nitrogen and oxygen atoms in total. The van der Waals surface area contributed by atoms with Crippen molar-refractivity contribution in [2.75, 3.05) is 31.4 Å². The van der Waals surface area contributed by atoms with Gasteiger partial charge in [0, 0.05) is 13.6 Å². The summed E-state index contributed by atoms with van der Waals surface area (Å²) in [6.45, 7) is 3.17.